The van der Waals surface area contributed by atoms with Crippen molar-refractivity contribution in [2.24, 2.45) is 0 Å². The maximum Gasteiger partial charge on any atom is 0.160 e. The molecule has 4 heteroatoms. The molecule has 0 fully saturated rings. The molecule has 0 unspecified atom stereocenters. The normalized spacial score (nSPS) is 11.6. The Hall–Kier alpha value is -2.88. The van der Waals surface area contributed by atoms with E-state index >= 15 is 0 Å². The van der Waals surface area contributed by atoms with E-state index in [9.17, 15) is 0 Å². The van der Waals surface area contributed by atoms with Crippen molar-refractivity contribution in [1.29, 1.82) is 0 Å². The van der Waals surface area contributed by atoms with Gasteiger partial charge >= 0.3 is 0 Å². The van der Waals surface area contributed by atoms with Gasteiger partial charge in [0.2, 0.25) is 0 Å². The van der Waals surface area contributed by atoms with Crippen molar-refractivity contribution in [2.75, 3.05) is 0 Å². The van der Waals surface area contributed by atoms with E-state index in [1.165, 1.54) is 5.56 Å². The van der Waals surface area contributed by atoms with E-state index in [2.05, 4.69) is 74.9 Å². The highest BCUT2D eigenvalue weighted by atomic mass is 14.9. The Morgan fingerprint density at radius 1 is 0.926 bits per heavy atom. The van der Waals surface area contributed by atoms with Gasteiger partial charge in [-0.1, -0.05) is 45.0 Å². The third kappa shape index (κ3) is 2.95. The molecule has 0 aliphatic rings. The fraction of sp³-hybridized carbons (Fsp3) is 0.304. The lowest BCUT2D eigenvalue weighted by Crippen LogP contribution is -2.01. The Morgan fingerprint density at radius 2 is 1.70 bits per heavy atom. The van der Waals surface area contributed by atoms with Crippen LogP contribution in [-0.4, -0.2) is 19.9 Å². The van der Waals surface area contributed by atoms with Gasteiger partial charge in [0.15, 0.2) is 5.82 Å². The quantitative estimate of drug-likeness (QED) is 0.483. The van der Waals surface area contributed by atoms with Gasteiger partial charge < -0.3 is 0 Å². The van der Waals surface area contributed by atoms with Gasteiger partial charge in [0.05, 0.1) is 22.4 Å². The first-order chi connectivity index (χ1) is 13.0. The summed E-state index contributed by atoms with van der Waals surface area (Å²) in [7, 11) is 0. The molecule has 0 aliphatic heterocycles. The van der Waals surface area contributed by atoms with Gasteiger partial charge in [-0.15, -0.1) is 0 Å². The molecule has 27 heavy (non-hydrogen) atoms. The van der Waals surface area contributed by atoms with Crippen LogP contribution in [0.15, 0.2) is 36.7 Å². The molecule has 136 valence electrons. The van der Waals surface area contributed by atoms with Crippen molar-refractivity contribution in [3.63, 3.8) is 0 Å². The Morgan fingerprint density at radius 3 is 2.44 bits per heavy atom. The Bertz CT molecular complexity index is 1160. The van der Waals surface area contributed by atoms with Crippen LogP contribution in [0, 0.1) is 13.8 Å². The predicted molar refractivity (Wildman–Crippen MR) is 111 cm³/mol. The van der Waals surface area contributed by atoms with Crippen LogP contribution in [0.25, 0.3) is 33.2 Å². The number of nitrogens with zero attached hydrogens (tertiary/aromatic N) is 4. The van der Waals surface area contributed by atoms with Gasteiger partial charge in [-0.05, 0) is 43.4 Å². The fourth-order valence-electron chi connectivity index (χ4n) is 3.69. The number of hydrogen-bond acceptors (Lipinski definition) is 4. The second-order valence-corrected chi connectivity index (χ2v) is 7.42. The van der Waals surface area contributed by atoms with Crippen molar-refractivity contribution in [2.45, 2.75) is 47.0 Å². The van der Waals surface area contributed by atoms with Crippen LogP contribution < -0.4 is 0 Å². The van der Waals surface area contributed by atoms with Crippen LogP contribution in [0.3, 0.4) is 0 Å². The lowest BCUT2D eigenvalue weighted by atomic mass is 9.98. The first-order valence-electron chi connectivity index (χ1n) is 9.51. The summed E-state index contributed by atoms with van der Waals surface area (Å²) >= 11 is 0. The van der Waals surface area contributed by atoms with Crippen molar-refractivity contribution in [1.82, 2.24) is 19.9 Å². The summed E-state index contributed by atoms with van der Waals surface area (Å²) in [5.74, 6) is 1.13. The molecule has 0 radical (unpaired) electrons. The summed E-state index contributed by atoms with van der Waals surface area (Å²) in [5, 5.41) is 2.25. The average Bonchev–Trinajstić information content (AvgIpc) is 2.66. The molecule has 4 rings (SSSR count). The lowest BCUT2D eigenvalue weighted by molar-refractivity contribution is 0.828. The minimum absolute atomic E-state index is 0.354. The number of benzene rings is 2. The highest BCUT2D eigenvalue weighted by Gasteiger charge is 2.15. The van der Waals surface area contributed by atoms with E-state index < -0.39 is 0 Å². The highest BCUT2D eigenvalue weighted by Crippen LogP contribution is 2.31. The van der Waals surface area contributed by atoms with E-state index in [4.69, 9.17) is 9.97 Å². The zero-order valence-electron chi connectivity index (χ0n) is 16.5. The Kier molecular flexibility index (Phi) is 4.34. The lowest BCUT2D eigenvalue weighted by Gasteiger charge is -2.13. The van der Waals surface area contributed by atoms with Gasteiger partial charge in [-0.3, -0.25) is 0 Å². The van der Waals surface area contributed by atoms with E-state index in [0.29, 0.717) is 5.92 Å². The van der Waals surface area contributed by atoms with Gasteiger partial charge in [0.25, 0.3) is 0 Å². The highest BCUT2D eigenvalue weighted by molar-refractivity contribution is 5.90. The molecule has 0 spiro atoms. The summed E-state index contributed by atoms with van der Waals surface area (Å²) in [5.41, 5.74) is 7.50. The number of aromatic nitrogens is 4. The molecule has 0 aliphatic carbocycles. The standard InChI is InChI=1S/C23H24N4/c1-6-19-17-8-7-14(4)11-20(17)27-23(26-19)16-9-10-18-21(13(2)3)24-12-25-22(18)15(16)5/h7-13H,6H2,1-5H3. The summed E-state index contributed by atoms with van der Waals surface area (Å²) in [6, 6.07) is 10.6. The maximum absolute atomic E-state index is 4.89. The summed E-state index contributed by atoms with van der Waals surface area (Å²) < 4.78 is 0. The minimum atomic E-state index is 0.354. The van der Waals surface area contributed by atoms with Crippen LogP contribution in [0.4, 0.5) is 0 Å². The molecule has 0 saturated carbocycles. The first kappa shape index (κ1) is 17.5. The SMILES string of the molecule is CCc1nc(-c2ccc3c(C(C)C)ncnc3c2C)nc2cc(C)ccc12. The zero-order chi connectivity index (χ0) is 19.1. The number of aryl methyl sites for hydroxylation is 3. The van der Waals surface area contributed by atoms with E-state index in [0.717, 1.165) is 56.6 Å². The summed E-state index contributed by atoms with van der Waals surface area (Å²) in [6.45, 7) is 10.7. The maximum atomic E-state index is 4.89. The fourth-order valence-corrected chi connectivity index (χ4v) is 3.69. The van der Waals surface area contributed by atoms with E-state index in [1.54, 1.807) is 6.33 Å². The molecule has 0 N–H and O–H groups in total. The van der Waals surface area contributed by atoms with Crippen LogP contribution in [0.5, 0.6) is 0 Å². The van der Waals surface area contributed by atoms with Gasteiger partial charge in [-0.25, -0.2) is 19.9 Å². The second kappa shape index (κ2) is 6.69. The minimum Gasteiger partial charge on any atom is -0.240 e. The third-order valence-corrected chi connectivity index (χ3v) is 5.14. The summed E-state index contributed by atoms with van der Waals surface area (Å²) in [4.78, 5) is 18.8. The van der Waals surface area contributed by atoms with Crippen LogP contribution >= 0.6 is 0 Å². The van der Waals surface area contributed by atoms with E-state index in [1.807, 2.05) is 0 Å². The first-order valence-corrected chi connectivity index (χ1v) is 9.51. The monoisotopic (exact) mass is 356 g/mol. The molecule has 2 heterocycles. The Labute approximate surface area is 159 Å². The Balaban J connectivity index is 1.98. The number of fused-ring (bicyclic) bond motifs is 2. The van der Waals surface area contributed by atoms with E-state index in [-0.39, 0.29) is 0 Å². The second-order valence-electron chi connectivity index (χ2n) is 7.42. The van der Waals surface area contributed by atoms with Crippen LogP contribution in [0.1, 0.15) is 49.2 Å². The number of hydrogen-bond donors (Lipinski definition) is 0. The van der Waals surface area contributed by atoms with Gasteiger partial charge in [-0.2, -0.15) is 0 Å². The number of rotatable bonds is 3. The molecule has 0 amide bonds. The zero-order valence-corrected chi connectivity index (χ0v) is 16.5. The van der Waals surface area contributed by atoms with Crippen molar-refractivity contribution in [3.8, 4) is 11.4 Å². The molecule has 4 aromatic rings. The largest absolute Gasteiger partial charge is 0.240 e. The van der Waals surface area contributed by atoms with Crippen LogP contribution in [0.2, 0.25) is 0 Å². The third-order valence-electron chi connectivity index (χ3n) is 5.14. The molecule has 2 aromatic carbocycles. The smallest absolute Gasteiger partial charge is 0.160 e. The van der Waals surface area contributed by atoms with Crippen molar-refractivity contribution in [3.05, 3.63) is 59.2 Å². The summed E-state index contributed by atoms with van der Waals surface area (Å²) in [6.07, 6.45) is 2.54. The van der Waals surface area contributed by atoms with Gasteiger partial charge in [0, 0.05) is 16.3 Å². The van der Waals surface area contributed by atoms with Crippen LogP contribution in [-0.2, 0) is 6.42 Å². The molecule has 2 aromatic heterocycles. The molecule has 0 bridgehead atoms. The van der Waals surface area contributed by atoms with Crippen molar-refractivity contribution >= 4 is 21.8 Å². The predicted octanol–water partition coefficient (Wildman–Crippen LogP) is 5.54. The topological polar surface area (TPSA) is 51.6 Å². The molecule has 0 atom stereocenters. The van der Waals surface area contributed by atoms with Crippen molar-refractivity contribution < 1.29 is 0 Å². The molecular weight excluding hydrogens is 332 g/mol. The molecule has 0 saturated heterocycles. The average molecular weight is 356 g/mol. The molecule has 4 nitrogen and oxygen atoms in total. The van der Waals surface area contributed by atoms with Gasteiger partial charge in [0.1, 0.15) is 6.33 Å². The molecular formula is C23H24N4.